The molecule has 3 aromatic heterocycles. The number of alkyl halides is 6. The first-order valence-corrected chi connectivity index (χ1v) is 11.6. The number of fused-ring (bicyclic) bond motifs is 1. The fourth-order valence-electron chi connectivity index (χ4n) is 3.94. The van der Waals surface area contributed by atoms with E-state index in [2.05, 4.69) is 20.7 Å². The summed E-state index contributed by atoms with van der Waals surface area (Å²) in [7, 11) is 0. The van der Waals surface area contributed by atoms with E-state index in [9.17, 15) is 35.9 Å². The number of halogens is 6. The van der Waals surface area contributed by atoms with Gasteiger partial charge in [0, 0.05) is 17.0 Å². The average molecular weight is 578 g/mol. The second kappa shape index (κ2) is 10.4. The maximum absolute atomic E-state index is 13.5. The highest BCUT2D eigenvalue weighted by Gasteiger charge is 2.38. The Morgan fingerprint density at radius 2 is 1.78 bits per heavy atom. The minimum atomic E-state index is -4.83. The van der Waals surface area contributed by atoms with Crippen molar-refractivity contribution in [2.45, 2.75) is 25.5 Å². The third kappa shape index (κ3) is 5.90. The molecule has 16 heteroatoms. The van der Waals surface area contributed by atoms with Crippen molar-refractivity contribution in [3.8, 4) is 17.0 Å². The normalized spacial score (nSPS) is 12.0. The molecule has 10 nitrogen and oxygen atoms in total. The van der Waals surface area contributed by atoms with Gasteiger partial charge in [-0.05, 0) is 6.07 Å². The van der Waals surface area contributed by atoms with Crippen LogP contribution in [0.5, 0.6) is 5.75 Å². The Morgan fingerprint density at radius 3 is 2.49 bits per heavy atom. The zero-order chi connectivity index (χ0) is 29.4. The smallest absolute Gasteiger partial charge is 0.434 e. The molecular weight excluding hydrogens is 562 g/mol. The fourth-order valence-corrected chi connectivity index (χ4v) is 3.94. The van der Waals surface area contributed by atoms with Crippen LogP contribution in [-0.4, -0.2) is 31.1 Å². The van der Waals surface area contributed by atoms with Crippen LogP contribution in [0.15, 0.2) is 70.0 Å². The minimum Gasteiger partial charge on any atom is -0.483 e. The lowest BCUT2D eigenvalue weighted by atomic mass is 10.1. The number of amides is 1. The summed E-state index contributed by atoms with van der Waals surface area (Å²) in [4.78, 5) is 24.4. The molecule has 0 radical (unpaired) electrons. The zero-order valence-electron chi connectivity index (χ0n) is 20.4. The van der Waals surface area contributed by atoms with Crippen LogP contribution in [0.4, 0.5) is 32.0 Å². The van der Waals surface area contributed by atoms with Crippen LogP contribution in [0.25, 0.3) is 22.2 Å². The van der Waals surface area contributed by atoms with Crippen molar-refractivity contribution >= 4 is 22.6 Å². The number of H-pyrrole nitrogens is 1. The van der Waals surface area contributed by atoms with Crippen LogP contribution in [0.3, 0.4) is 0 Å². The second-order valence-corrected chi connectivity index (χ2v) is 8.54. The van der Waals surface area contributed by atoms with Gasteiger partial charge < -0.3 is 14.5 Å². The van der Waals surface area contributed by atoms with Gasteiger partial charge in [0.1, 0.15) is 24.5 Å². The summed E-state index contributed by atoms with van der Waals surface area (Å²) in [5.74, 6) is -1.05. The van der Waals surface area contributed by atoms with Gasteiger partial charge in [-0.25, -0.2) is 9.48 Å². The van der Waals surface area contributed by atoms with Gasteiger partial charge in [0.15, 0.2) is 17.0 Å². The number of para-hydroxylation sites is 1. The quantitative estimate of drug-likeness (QED) is 0.205. The average Bonchev–Trinajstić information content (AvgIpc) is 3.53. The molecule has 0 unspecified atom stereocenters. The van der Waals surface area contributed by atoms with Gasteiger partial charge in [-0.15, -0.1) is 5.10 Å². The maximum atomic E-state index is 13.5. The van der Waals surface area contributed by atoms with E-state index in [4.69, 9.17) is 9.15 Å². The summed E-state index contributed by atoms with van der Waals surface area (Å²) in [6.45, 7) is -0.888. The maximum Gasteiger partial charge on any atom is 0.434 e. The summed E-state index contributed by atoms with van der Waals surface area (Å²) in [6, 6.07) is 12.0. The summed E-state index contributed by atoms with van der Waals surface area (Å²) in [6.07, 6.45) is -8.39. The van der Waals surface area contributed by atoms with Crippen LogP contribution >= 0.6 is 0 Å². The van der Waals surface area contributed by atoms with Crippen molar-refractivity contribution in [2.75, 3.05) is 5.32 Å². The van der Waals surface area contributed by atoms with Gasteiger partial charge in [0.2, 0.25) is 5.91 Å². The second-order valence-electron chi connectivity index (χ2n) is 8.54. The van der Waals surface area contributed by atoms with Gasteiger partial charge in [0.05, 0.1) is 17.4 Å². The highest BCUT2D eigenvalue weighted by atomic mass is 19.4. The first-order chi connectivity index (χ1) is 19.4. The predicted molar refractivity (Wildman–Crippen MR) is 129 cm³/mol. The standard InChI is InChI=1S/C25H16F6N6O4/c26-24(27,28)16-9-19(39)41-22-15(16)7-4-8-17(22)40-12-14-10-37(36-33-14)11-18(38)32-21-20(13-5-2-1-3-6-13)34-35-23(21)25(29,30)31/h1-10H,11-12H2,(H,32,38)(H,34,35). The summed E-state index contributed by atoms with van der Waals surface area (Å²) >= 11 is 0. The molecule has 0 atom stereocenters. The molecule has 0 bridgehead atoms. The van der Waals surface area contributed by atoms with Crippen molar-refractivity contribution in [1.82, 2.24) is 25.2 Å². The summed E-state index contributed by atoms with van der Waals surface area (Å²) < 4.78 is 92.2. The van der Waals surface area contributed by atoms with Gasteiger partial charge in [-0.3, -0.25) is 9.89 Å². The molecule has 0 aliphatic rings. The third-order valence-corrected chi connectivity index (χ3v) is 5.67. The molecule has 1 amide bonds. The monoisotopic (exact) mass is 578 g/mol. The largest absolute Gasteiger partial charge is 0.483 e. The molecule has 2 N–H and O–H groups in total. The Kier molecular flexibility index (Phi) is 6.98. The van der Waals surface area contributed by atoms with Gasteiger partial charge in [0.25, 0.3) is 0 Å². The van der Waals surface area contributed by atoms with E-state index < -0.39 is 53.0 Å². The number of aromatic nitrogens is 5. The van der Waals surface area contributed by atoms with E-state index in [1.54, 1.807) is 18.2 Å². The molecule has 0 aliphatic carbocycles. The molecule has 0 saturated carbocycles. The molecule has 0 fully saturated rings. The van der Waals surface area contributed by atoms with E-state index >= 15 is 0 Å². The number of rotatable bonds is 7. The number of aromatic amines is 1. The molecule has 41 heavy (non-hydrogen) atoms. The van der Waals surface area contributed by atoms with E-state index in [0.29, 0.717) is 11.6 Å². The lowest BCUT2D eigenvalue weighted by Gasteiger charge is -2.11. The van der Waals surface area contributed by atoms with Crippen molar-refractivity contribution in [3.63, 3.8) is 0 Å². The number of hydrogen-bond donors (Lipinski definition) is 2. The van der Waals surface area contributed by atoms with Gasteiger partial charge in [-0.2, -0.15) is 31.4 Å². The van der Waals surface area contributed by atoms with Crippen LogP contribution < -0.4 is 15.7 Å². The summed E-state index contributed by atoms with van der Waals surface area (Å²) in [5, 5.41) is 15.0. The Hall–Kier alpha value is -5.15. The predicted octanol–water partition coefficient (Wildman–Crippen LogP) is 5.03. The number of ether oxygens (including phenoxy) is 1. The first kappa shape index (κ1) is 27.4. The van der Waals surface area contributed by atoms with Crippen molar-refractivity contribution in [2.24, 2.45) is 0 Å². The molecule has 0 aliphatic heterocycles. The fraction of sp³-hybridized carbons (Fsp3) is 0.160. The van der Waals surface area contributed by atoms with E-state index in [0.717, 1.165) is 10.7 Å². The molecule has 212 valence electrons. The van der Waals surface area contributed by atoms with E-state index in [1.807, 2.05) is 5.10 Å². The lowest BCUT2D eigenvalue weighted by Crippen LogP contribution is -2.21. The Balaban J connectivity index is 1.31. The molecule has 5 aromatic rings. The number of benzene rings is 2. The molecule has 0 spiro atoms. The number of hydrogen-bond acceptors (Lipinski definition) is 7. The highest BCUT2D eigenvalue weighted by Crippen LogP contribution is 2.39. The van der Waals surface area contributed by atoms with Crippen LogP contribution in [0.2, 0.25) is 0 Å². The Labute approximate surface area is 224 Å². The van der Waals surface area contributed by atoms with Crippen molar-refractivity contribution in [1.29, 1.82) is 0 Å². The van der Waals surface area contributed by atoms with Gasteiger partial charge in [-0.1, -0.05) is 47.7 Å². The highest BCUT2D eigenvalue weighted by molar-refractivity contribution is 5.95. The molecule has 2 aromatic carbocycles. The number of carbonyl (C=O) groups excluding carboxylic acids is 1. The molecular formula is C25H16F6N6O4. The van der Waals surface area contributed by atoms with Crippen LogP contribution in [0.1, 0.15) is 17.0 Å². The molecule has 0 saturated heterocycles. The van der Waals surface area contributed by atoms with Crippen molar-refractivity contribution in [3.05, 3.63) is 88.2 Å². The number of nitrogens with zero attached hydrogens (tertiary/aromatic N) is 4. The van der Waals surface area contributed by atoms with Crippen molar-refractivity contribution < 1.29 is 40.3 Å². The Morgan fingerprint density at radius 1 is 1.02 bits per heavy atom. The molecule has 5 rings (SSSR count). The van der Waals surface area contributed by atoms with Gasteiger partial charge >= 0.3 is 18.0 Å². The summed E-state index contributed by atoms with van der Waals surface area (Å²) in [5.41, 5.74) is -4.30. The molecule has 3 heterocycles. The third-order valence-electron chi connectivity index (χ3n) is 5.67. The lowest BCUT2D eigenvalue weighted by molar-refractivity contribution is -0.140. The topological polar surface area (TPSA) is 128 Å². The first-order valence-electron chi connectivity index (χ1n) is 11.6. The number of anilines is 1. The van der Waals surface area contributed by atoms with E-state index in [1.165, 1.54) is 30.5 Å². The number of nitrogens with one attached hydrogen (secondary N) is 2. The van der Waals surface area contributed by atoms with E-state index in [-0.39, 0.29) is 29.1 Å². The van der Waals surface area contributed by atoms with Crippen LogP contribution in [0, 0.1) is 0 Å². The Bertz CT molecular complexity index is 1780. The number of carbonyl (C=O) groups is 1. The van der Waals surface area contributed by atoms with Crippen LogP contribution in [-0.2, 0) is 30.3 Å². The zero-order valence-corrected chi connectivity index (χ0v) is 20.4. The SMILES string of the molecule is O=C(Cn1cc(COc2cccc3c(C(F)(F)F)cc(=O)oc23)nn1)Nc1c(-c2ccccc2)n[nH]c1C(F)(F)F. The minimum absolute atomic E-state index is 0.116.